The number of carbonyl (C=O) groups is 2. The summed E-state index contributed by atoms with van der Waals surface area (Å²) in [5.41, 5.74) is 0.318. The normalized spacial score (nSPS) is 19.3. The Labute approximate surface area is 140 Å². The van der Waals surface area contributed by atoms with Crippen LogP contribution in [0.15, 0.2) is 18.2 Å². The first kappa shape index (κ1) is 18.3. The third-order valence-corrected chi connectivity index (χ3v) is 4.13. The molecule has 2 atom stereocenters. The number of hydrogen-bond donors (Lipinski definition) is 3. The van der Waals surface area contributed by atoms with Crippen molar-refractivity contribution in [3.05, 3.63) is 35.4 Å². The molecule has 5 nitrogen and oxygen atoms in total. The second-order valence-electron chi connectivity index (χ2n) is 5.91. The quantitative estimate of drug-likeness (QED) is 0.740. The largest absolute Gasteiger partial charge is 0.354 e. The highest BCUT2D eigenvalue weighted by atomic mass is 19.1. The zero-order chi connectivity index (χ0) is 17.5. The van der Waals surface area contributed by atoms with Crippen LogP contribution in [0.25, 0.3) is 0 Å². The van der Waals surface area contributed by atoms with Crippen LogP contribution in [0.4, 0.5) is 8.78 Å². The van der Waals surface area contributed by atoms with Crippen LogP contribution in [0.5, 0.6) is 0 Å². The topological polar surface area (TPSA) is 70.2 Å². The SMILES string of the molecule is CCC(NCC(=O)NC1CCCCNC1=O)c1ccc(F)cc1F. The molecule has 1 saturated heterocycles. The number of carbonyl (C=O) groups excluding carboxylic acids is 2. The van der Waals surface area contributed by atoms with Crippen molar-refractivity contribution in [1.82, 2.24) is 16.0 Å². The van der Waals surface area contributed by atoms with Crippen molar-refractivity contribution in [2.75, 3.05) is 13.1 Å². The van der Waals surface area contributed by atoms with Crippen molar-refractivity contribution in [1.29, 1.82) is 0 Å². The molecule has 0 radical (unpaired) electrons. The van der Waals surface area contributed by atoms with Crippen molar-refractivity contribution in [2.24, 2.45) is 0 Å². The van der Waals surface area contributed by atoms with Gasteiger partial charge in [0.1, 0.15) is 17.7 Å². The minimum absolute atomic E-state index is 0.0426. The second kappa shape index (κ2) is 8.73. The first-order valence-electron chi connectivity index (χ1n) is 8.26. The Bertz CT molecular complexity index is 595. The molecule has 132 valence electrons. The molecule has 0 saturated carbocycles. The lowest BCUT2D eigenvalue weighted by Crippen LogP contribution is -2.48. The van der Waals surface area contributed by atoms with Gasteiger partial charge in [-0.2, -0.15) is 0 Å². The third kappa shape index (κ3) is 4.99. The van der Waals surface area contributed by atoms with Crippen molar-refractivity contribution in [3.8, 4) is 0 Å². The molecule has 2 rings (SSSR count). The van der Waals surface area contributed by atoms with E-state index in [0.29, 0.717) is 24.9 Å². The van der Waals surface area contributed by atoms with E-state index >= 15 is 0 Å². The Morgan fingerprint density at radius 1 is 1.38 bits per heavy atom. The summed E-state index contributed by atoms with van der Waals surface area (Å²) in [6.07, 6.45) is 2.93. The second-order valence-corrected chi connectivity index (χ2v) is 5.91. The van der Waals surface area contributed by atoms with Gasteiger partial charge in [0.05, 0.1) is 6.54 Å². The van der Waals surface area contributed by atoms with E-state index < -0.39 is 23.7 Å². The van der Waals surface area contributed by atoms with Crippen molar-refractivity contribution < 1.29 is 18.4 Å². The molecule has 2 amide bonds. The van der Waals surface area contributed by atoms with Crippen LogP contribution in [0.1, 0.15) is 44.2 Å². The fraction of sp³-hybridized carbons (Fsp3) is 0.529. The fourth-order valence-electron chi connectivity index (χ4n) is 2.80. The molecule has 1 aromatic carbocycles. The Morgan fingerprint density at radius 2 is 2.17 bits per heavy atom. The minimum Gasteiger partial charge on any atom is -0.354 e. The van der Waals surface area contributed by atoms with Crippen molar-refractivity contribution in [3.63, 3.8) is 0 Å². The number of hydrogen-bond acceptors (Lipinski definition) is 3. The standard InChI is InChI=1S/C17H23F2N3O2/c1-2-14(12-7-6-11(18)9-13(12)19)21-10-16(23)22-15-5-3-4-8-20-17(15)24/h6-7,9,14-15,21H,2-5,8,10H2,1H3,(H,20,24)(H,22,23). The molecule has 1 heterocycles. The van der Waals surface area contributed by atoms with Crippen LogP contribution in [0, 0.1) is 11.6 Å². The molecule has 1 aliphatic rings. The number of benzene rings is 1. The lowest BCUT2D eigenvalue weighted by molar-refractivity contribution is -0.128. The monoisotopic (exact) mass is 339 g/mol. The van der Waals surface area contributed by atoms with E-state index in [0.717, 1.165) is 18.9 Å². The van der Waals surface area contributed by atoms with E-state index in [-0.39, 0.29) is 18.4 Å². The Morgan fingerprint density at radius 3 is 2.88 bits per heavy atom. The highest BCUT2D eigenvalue weighted by Crippen LogP contribution is 2.20. The molecule has 0 bridgehead atoms. The summed E-state index contributed by atoms with van der Waals surface area (Å²) in [4.78, 5) is 23.9. The van der Waals surface area contributed by atoms with Gasteiger partial charge in [0.15, 0.2) is 0 Å². The Hall–Kier alpha value is -2.02. The number of rotatable bonds is 6. The van der Waals surface area contributed by atoms with Gasteiger partial charge in [-0.25, -0.2) is 8.78 Å². The predicted molar refractivity (Wildman–Crippen MR) is 86.2 cm³/mol. The molecular weight excluding hydrogens is 316 g/mol. The van der Waals surface area contributed by atoms with Crippen LogP contribution in [0.3, 0.4) is 0 Å². The highest BCUT2D eigenvalue weighted by Gasteiger charge is 2.23. The van der Waals surface area contributed by atoms with Gasteiger partial charge in [-0.3, -0.25) is 9.59 Å². The number of halogens is 2. The van der Waals surface area contributed by atoms with Crippen molar-refractivity contribution in [2.45, 2.75) is 44.7 Å². The molecular formula is C17H23F2N3O2. The summed E-state index contributed by atoms with van der Waals surface area (Å²) in [6, 6.07) is 2.47. The van der Waals surface area contributed by atoms with Gasteiger partial charge < -0.3 is 16.0 Å². The first-order valence-corrected chi connectivity index (χ1v) is 8.26. The lowest BCUT2D eigenvalue weighted by Gasteiger charge is -2.20. The predicted octanol–water partition coefficient (Wildman–Crippen LogP) is 1.79. The molecule has 3 N–H and O–H groups in total. The lowest BCUT2D eigenvalue weighted by atomic mass is 10.0. The van der Waals surface area contributed by atoms with Crippen LogP contribution in [0.2, 0.25) is 0 Å². The summed E-state index contributed by atoms with van der Waals surface area (Å²) in [5, 5.41) is 8.41. The smallest absolute Gasteiger partial charge is 0.242 e. The fourth-order valence-corrected chi connectivity index (χ4v) is 2.80. The van der Waals surface area contributed by atoms with E-state index in [4.69, 9.17) is 0 Å². The molecule has 24 heavy (non-hydrogen) atoms. The van der Waals surface area contributed by atoms with Crippen LogP contribution in [-0.2, 0) is 9.59 Å². The summed E-state index contributed by atoms with van der Waals surface area (Å²) in [7, 11) is 0. The van der Waals surface area contributed by atoms with Gasteiger partial charge in [0.25, 0.3) is 0 Å². The van der Waals surface area contributed by atoms with Gasteiger partial charge >= 0.3 is 0 Å². The van der Waals surface area contributed by atoms with E-state index in [9.17, 15) is 18.4 Å². The summed E-state index contributed by atoms with van der Waals surface area (Å²) < 4.78 is 26.8. The average Bonchev–Trinajstić information content (AvgIpc) is 2.74. The number of nitrogens with one attached hydrogen (secondary N) is 3. The van der Waals surface area contributed by atoms with Gasteiger partial charge in [-0.1, -0.05) is 13.0 Å². The molecule has 7 heteroatoms. The first-order chi connectivity index (χ1) is 11.5. The van der Waals surface area contributed by atoms with E-state index in [1.54, 1.807) is 0 Å². The van der Waals surface area contributed by atoms with Gasteiger partial charge in [-0.15, -0.1) is 0 Å². The molecule has 0 aliphatic carbocycles. The third-order valence-electron chi connectivity index (χ3n) is 4.13. The molecule has 0 aromatic heterocycles. The minimum atomic E-state index is -0.641. The van der Waals surface area contributed by atoms with Crippen LogP contribution in [-0.4, -0.2) is 30.9 Å². The molecule has 0 spiro atoms. The Balaban J connectivity index is 1.90. The van der Waals surface area contributed by atoms with E-state index in [2.05, 4.69) is 16.0 Å². The van der Waals surface area contributed by atoms with Crippen LogP contribution < -0.4 is 16.0 Å². The van der Waals surface area contributed by atoms with Gasteiger partial charge in [-0.05, 0) is 31.7 Å². The molecule has 1 aliphatic heterocycles. The van der Waals surface area contributed by atoms with E-state index in [1.165, 1.54) is 12.1 Å². The van der Waals surface area contributed by atoms with Gasteiger partial charge in [0.2, 0.25) is 11.8 Å². The maximum absolute atomic E-state index is 13.8. The summed E-state index contributed by atoms with van der Waals surface area (Å²) in [5.74, 6) is -1.77. The zero-order valence-electron chi connectivity index (χ0n) is 13.7. The van der Waals surface area contributed by atoms with Crippen LogP contribution >= 0.6 is 0 Å². The molecule has 1 aromatic rings. The average molecular weight is 339 g/mol. The van der Waals surface area contributed by atoms with E-state index in [1.807, 2.05) is 6.92 Å². The number of amides is 2. The molecule has 2 unspecified atom stereocenters. The highest BCUT2D eigenvalue weighted by molar-refractivity contribution is 5.88. The van der Waals surface area contributed by atoms with Crippen molar-refractivity contribution >= 4 is 11.8 Å². The maximum atomic E-state index is 13.8. The van der Waals surface area contributed by atoms with Gasteiger partial charge in [0, 0.05) is 24.2 Å². The maximum Gasteiger partial charge on any atom is 0.242 e. The summed E-state index contributed by atoms with van der Waals surface area (Å²) >= 11 is 0. The zero-order valence-corrected chi connectivity index (χ0v) is 13.7. The molecule has 1 fully saturated rings. The Kier molecular flexibility index (Phi) is 6.66. The summed E-state index contributed by atoms with van der Waals surface area (Å²) in [6.45, 7) is 2.43.